The molecule has 66 heavy (non-hydrogen) atoms. The summed E-state index contributed by atoms with van der Waals surface area (Å²) in [5.41, 5.74) is -0.654. The Labute approximate surface area is 399 Å². The van der Waals surface area contributed by atoms with Crippen molar-refractivity contribution in [1.29, 1.82) is 0 Å². The first-order valence-electron chi connectivity index (χ1n) is 21.3. The fraction of sp³-hybridized carbons (Fsp3) is 0.571. The molecule has 18 nitrogen and oxygen atoms in total. The van der Waals surface area contributed by atoms with Crippen molar-refractivity contribution in [2.24, 2.45) is 0 Å². The van der Waals surface area contributed by atoms with Crippen molar-refractivity contribution in [1.82, 2.24) is 30.0 Å². The van der Waals surface area contributed by atoms with Crippen LogP contribution in [0, 0.1) is 15.2 Å². The molecule has 24 heteroatoms. The van der Waals surface area contributed by atoms with Crippen molar-refractivity contribution in [3.05, 3.63) is 76.4 Å². The van der Waals surface area contributed by atoms with E-state index in [1.165, 1.54) is 37.3 Å². The number of carbonyl (C=O) groups is 2. The van der Waals surface area contributed by atoms with Crippen molar-refractivity contribution in [2.75, 3.05) is 22.9 Å². The molecule has 2 amide bonds. The molecular formula is C42H56B3F2IN8O10. The Bertz CT molecular complexity index is 2240. The lowest BCUT2D eigenvalue weighted by Crippen LogP contribution is -2.41. The molecule has 0 N–H and O–H groups in total. The van der Waals surface area contributed by atoms with Gasteiger partial charge in [0.25, 0.3) is 0 Å². The number of hydrogen-bond acceptors (Lipinski definition) is 14. The van der Waals surface area contributed by atoms with Gasteiger partial charge in [0.1, 0.15) is 23.8 Å². The van der Waals surface area contributed by atoms with Gasteiger partial charge in [-0.05, 0) is 136 Å². The minimum absolute atomic E-state index is 0.187. The van der Waals surface area contributed by atoms with Gasteiger partial charge in [0, 0.05) is 21.4 Å². The van der Waals surface area contributed by atoms with Gasteiger partial charge in [0.05, 0.1) is 83.6 Å². The van der Waals surface area contributed by atoms with Gasteiger partial charge in [-0.1, -0.05) is 16.5 Å². The Hall–Kier alpha value is -4.20. The second kappa shape index (κ2) is 19.8. The van der Waals surface area contributed by atoms with E-state index >= 15 is 0 Å². The maximum absolute atomic E-state index is 14.8. The highest BCUT2D eigenvalue weighted by Crippen LogP contribution is 2.37. The molecule has 0 saturated carbocycles. The molecule has 5 fully saturated rings. The molecule has 5 saturated heterocycles. The first kappa shape index (κ1) is 51.2. The quantitative estimate of drug-likeness (QED) is 0.155. The van der Waals surface area contributed by atoms with E-state index in [1.54, 1.807) is 58.4 Å². The number of ether oxygens (including phenoxy) is 2. The van der Waals surface area contributed by atoms with Crippen molar-refractivity contribution in [3.63, 3.8) is 0 Å². The van der Waals surface area contributed by atoms with E-state index in [2.05, 4.69) is 20.6 Å². The van der Waals surface area contributed by atoms with Crippen LogP contribution in [0.15, 0.2) is 61.2 Å². The SMILES string of the molecule is CC1(C)OB(c2ccc(N3C[C@H](Cn4ccnn4)OC3=O)cc2F)OC1(C)C.CC1(C)O[B]OC1(C)C.CC1(C)O[B]OC1(C)C.O=C1O[C@@H](Cn2ccnn2)CN1c1ccc(I)c(F)c1. The number of benzene rings is 2. The summed E-state index contributed by atoms with van der Waals surface area (Å²) < 4.78 is 75.3. The molecule has 2 atom stereocenters. The van der Waals surface area contributed by atoms with E-state index in [1.807, 2.05) is 106 Å². The fourth-order valence-electron chi connectivity index (χ4n) is 6.33. The first-order valence-corrected chi connectivity index (χ1v) is 22.4. The minimum Gasteiger partial charge on any atom is -0.442 e. The number of rotatable bonds is 7. The van der Waals surface area contributed by atoms with Crippen molar-refractivity contribution in [2.45, 2.75) is 142 Å². The van der Waals surface area contributed by atoms with Gasteiger partial charge >= 0.3 is 34.7 Å². The number of hydrogen-bond donors (Lipinski definition) is 0. The lowest BCUT2D eigenvalue weighted by atomic mass is 9.78. The van der Waals surface area contributed by atoms with Gasteiger partial charge in [0.2, 0.25) is 0 Å². The number of amides is 2. The number of halogens is 3. The molecule has 4 aromatic rings. The van der Waals surface area contributed by atoms with Crippen LogP contribution in [0.4, 0.5) is 29.7 Å². The molecule has 2 aromatic carbocycles. The third-order valence-electron chi connectivity index (χ3n) is 12.8. The zero-order valence-electron chi connectivity index (χ0n) is 39.3. The molecule has 5 aliphatic rings. The summed E-state index contributed by atoms with van der Waals surface area (Å²) in [6.07, 6.45) is 4.79. The van der Waals surface area contributed by atoms with Crippen LogP contribution in [-0.4, -0.2) is 124 Å². The molecule has 354 valence electrons. The van der Waals surface area contributed by atoms with E-state index in [-0.39, 0.29) is 40.4 Å². The van der Waals surface area contributed by atoms with Gasteiger partial charge in [-0.3, -0.25) is 9.80 Å². The van der Waals surface area contributed by atoms with Gasteiger partial charge in [-0.15, -0.1) is 10.2 Å². The van der Waals surface area contributed by atoms with Crippen molar-refractivity contribution < 1.29 is 55.8 Å². The summed E-state index contributed by atoms with van der Waals surface area (Å²) in [6, 6.07) is 9.22. The van der Waals surface area contributed by atoms with Crippen molar-refractivity contribution >= 4 is 74.1 Å². The number of anilines is 2. The molecular weight excluding hydrogens is 974 g/mol. The molecule has 7 heterocycles. The largest absolute Gasteiger partial charge is 0.497 e. The predicted molar refractivity (Wildman–Crippen MR) is 249 cm³/mol. The molecule has 0 unspecified atom stereocenters. The molecule has 0 aliphatic carbocycles. The molecule has 2 radical (unpaired) electrons. The Morgan fingerprint density at radius 2 is 1.02 bits per heavy atom. The third-order valence-corrected chi connectivity index (χ3v) is 13.6. The monoisotopic (exact) mass is 1030 g/mol. The normalized spacial score (nSPS) is 23.6. The molecule has 5 aliphatic heterocycles. The highest BCUT2D eigenvalue weighted by atomic mass is 127. The Morgan fingerprint density at radius 1 is 0.621 bits per heavy atom. The van der Waals surface area contributed by atoms with Gasteiger partial charge in [-0.25, -0.2) is 27.7 Å². The summed E-state index contributed by atoms with van der Waals surface area (Å²) in [4.78, 5) is 26.9. The first-order chi connectivity index (χ1) is 30.7. The van der Waals surface area contributed by atoms with Gasteiger partial charge in [0.15, 0.2) is 0 Å². The maximum Gasteiger partial charge on any atom is 0.497 e. The lowest BCUT2D eigenvalue weighted by Gasteiger charge is -2.32. The fourth-order valence-corrected chi connectivity index (χ4v) is 6.66. The van der Waals surface area contributed by atoms with Crippen molar-refractivity contribution in [3.8, 4) is 0 Å². The van der Waals surface area contributed by atoms with E-state index in [9.17, 15) is 18.4 Å². The number of nitrogens with zero attached hydrogens (tertiary/aromatic N) is 8. The minimum atomic E-state index is -0.801. The van der Waals surface area contributed by atoms with E-state index in [0.29, 0.717) is 46.6 Å². The number of aromatic nitrogens is 6. The van der Waals surface area contributed by atoms with Crippen LogP contribution in [0.5, 0.6) is 0 Å². The van der Waals surface area contributed by atoms with Crippen LogP contribution in [0.25, 0.3) is 0 Å². The summed E-state index contributed by atoms with van der Waals surface area (Å²) in [5.74, 6) is -0.848. The molecule has 0 spiro atoms. The average molecular weight is 1030 g/mol. The van der Waals surface area contributed by atoms with Crippen LogP contribution in [0.3, 0.4) is 0 Å². The molecule has 9 rings (SSSR count). The van der Waals surface area contributed by atoms with Gasteiger partial charge in [-0.2, -0.15) is 0 Å². The number of cyclic esters (lactones) is 2. The molecule has 2 aromatic heterocycles. The highest BCUT2D eigenvalue weighted by molar-refractivity contribution is 14.1. The summed E-state index contributed by atoms with van der Waals surface area (Å²) in [7, 11) is 2.03. The van der Waals surface area contributed by atoms with E-state index in [0.717, 1.165) is 0 Å². The topological polar surface area (TPSA) is 176 Å². The highest BCUT2D eigenvalue weighted by Gasteiger charge is 2.52. The number of carbonyl (C=O) groups excluding carboxylic acids is 2. The van der Waals surface area contributed by atoms with Crippen LogP contribution < -0.4 is 15.3 Å². The Balaban J connectivity index is 0.000000163. The predicted octanol–water partition coefficient (Wildman–Crippen LogP) is 6.04. The van der Waals surface area contributed by atoms with Crippen LogP contribution in [-0.2, 0) is 50.5 Å². The smallest absolute Gasteiger partial charge is 0.442 e. The zero-order chi connectivity index (χ0) is 48.5. The Morgan fingerprint density at radius 3 is 1.35 bits per heavy atom. The van der Waals surface area contributed by atoms with Crippen LogP contribution in [0.2, 0.25) is 0 Å². The average Bonchev–Trinajstić information content (AvgIpc) is 4.10. The van der Waals surface area contributed by atoms with E-state index < -0.39 is 36.3 Å². The molecule has 0 bridgehead atoms. The van der Waals surface area contributed by atoms with Crippen LogP contribution in [0.1, 0.15) is 83.1 Å². The van der Waals surface area contributed by atoms with E-state index in [4.69, 9.17) is 37.4 Å². The summed E-state index contributed by atoms with van der Waals surface area (Å²) >= 11 is 1.90. The lowest BCUT2D eigenvalue weighted by molar-refractivity contribution is 0.00578. The summed E-state index contributed by atoms with van der Waals surface area (Å²) in [6.45, 7) is 25.2. The third kappa shape index (κ3) is 11.7. The second-order valence-corrected chi connectivity index (χ2v) is 20.2. The van der Waals surface area contributed by atoms with Gasteiger partial charge < -0.3 is 37.4 Å². The maximum atomic E-state index is 14.8. The summed E-state index contributed by atoms with van der Waals surface area (Å²) in [5, 5.41) is 15.1. The zero-order valence-corrected chi connectivity index (χ0v) is 41.4. The Kier molecular flexibility index (Phi) is 15.4. The van der Waals surface area contributed by atoms with Crippen LogP contribution >= 0.6 is 22.6 Å². The second-order valence-electron chi connectivity index (χ2n) is 19.1. The standard InChI is InChI=1S/C18H22BFN4O4.C12H10FIN4O2.2C6H12BO2/c1-17(2)18(3,4)28-19(27-17)14-6-5-12(9-15(14)20)24-11-13(26-16(24)25)10-23-8-7-21-22-23;13-10-5-8(1-2-11(10)14)18-7-9(20-12(18)19)6-17-4-3-15-16-17;2*1-5(2)6(3,4)9-7-8-5/h5-9,13H,10-11H2,1-4H3;1-5,9H,6-7H2;2*1-4H3/t13-;9-;;/m00../s1.